The number of para-hydroxylation sites is 2. The highest BCUT2D eigenvalue weighted by Crippen LogP contribution is 2.57. The summed E-state index contributed by atoms with van der Waals surface area (Å²) in [6.07, 6.45) is -0.247. The zero-order chi connectivity index (χ0) is 22.3. The maximum atomic E-state index is 13.2. The molecule has 7 nitrogen and oxygen atoms in total. The van der Waals surface area contributed by atoms with Gasteiger partial charge >= 0.3 is 0 Å². The first-order valence-electron chi connectivity index (χ1n) is 11.3. The Morgan fingerprint density at radius 2 is 1.74 bits per heavy atom. The number of amides is 1. The van der Waals surface area contributed by atoms with Gasteiger partial charge in [0.1, 0.15) is 11.8 Å². The molecule has 3 aliphatic rings. The van der Waals surface area contributed by atoms with Gasteiger partial charge in [0, 0.05) is 34.5 Å². The molecule has 34 heavy (non-hydrogen) atoms. The predicted octanol–water partition coefficient (Wildman–Crippen LogP) is 4.11. The largest absolute Gasteiger partial charge is 0.393 e. The van der Waals surface area contributed by atoms with Crippen LogP contribution in [0.15, 0.2) is 48.5 Å². The fourth-order valence-electron chi connectivity index (χ4n) is 6.73. The Balaban J connectivity index is 0.00000200. The van der Waals surface area contributed by atoms with Crippen molar-refractivity contribution in [2.45, 2.75) is 44.9 Å². The first-order valence-corrected chi connectivity index (χ1v) is 11.3. The Labute approximate surface area is 195 Å². The van der Waals surface area contributed by atoms with E-state index < -0.39 is 24.2 Å². The first kappa shape index (κ1) is 20.0. The summed E-state index contributed by atoms with van der Waals surface area (Å²) in [4.78, 5) is 13.2. The average molecular weight is 456 g/mol. The number of benzene rings is 3. The number of ether oxygens (including phenoxy) is 1. The molecule has 1 fully saturated rings. The molecule has 3 aromatic carbocycles. The van der Waals surface area contributed by atoms with Gasteiger partial charge in [-0.15, -0.1) is 0 Å². The first-order chi connectivity index (χ1) is 16.0. The Morgan fingerprint density at radius 1 is 1.06 bits per heavy atom. The van der Waals surface area contributed by atoms with Crippen LogP contribution in [0.3, 0.4) is 0 Å². The highest BCUT2D eigenvalue weighted by Gasteiger charge is 2.60. The Bertz CT molecular complexity index is 1730. The standard InChI is InChI=1S/C26H21N3O4.CH4/c1-25-26(32,12-30)10-18(33-25)28-16-8-4-2-6-13(16)20-21-15(11-27-24(21)31)19-14-7-3-5-9-17(14)29(25)23(19)22(20)28;/h2-9,18,30,32H,10-12H2,1H3,(H,27,31);1H4/t18-,25+,26+;/m1./s1. The lowest BCUT2D eigenvalue weighted by Gasteiger charge is -2.38. The fraction of sp³-hybridized carbons (Fsp3) is 0.296. The molecule has 0 radical (unpaired) electrons. The number of hydrogen-bond acceptors (Lipinski definition) is 4. The summed E-state index contributed by atoms with van der Waals surface area (Å²) in [5, 5.41) is 29.1. The molecule has 3 aliphatic heterocycles. The quantitative estimate of drug-likeness (QED) is 0.355. The Kier molecular flexibility index (Phi) is 3.53. The second-order valence-corrected chi connectivity index (χ2v) is 9.67. The summed E-state index contributed by atoms with van der Waals surface area (Å²) < 4.78 is 10.9. The molecule has 0 unspecified atom stereocenters. The second-order valence-electron chi connectivity index (χ2n) is 9.67. The molecule has 172 valence electrons. The molecule has 3 N–H and O–H groups in total. The molecule has 7 heteroatoms. The number of nitrogens with zero attached hydrogens (tertiary/aromatic N) is 2. The number of carbonyl (C=O) groups excluding carboxylic acids is 1. The van der Waals surface area contributed by atoms with Crippen molar-refractivity contribution >= 4 is 49.5 Å². The summed E-state index contributed by atoms with van der Waals surface area (Å²) in [6, 6.07) is 16.1. The smallest absolute Gasteiger partial charge is 0.252 e. The molecule has 8 rings (SSSR count). The molecule has 0 aliphatic carbocycles. The molecule has 2 bridgehead atoms. The summed E-state index contributed by atoms with van der Waals surface area (Å²) in [6.45, 7) is 1.91. The van der Waals surface area contributed by atoms with Crippen molar-refractivity contribution < 1.29 is 19.7 Å². The number of hydrogen-bond donors (Lipinski definition) is 3. The minimum atomic E-state index is -1.48. The monoisotopic (exact) mass is 455 g/mol. The second kappa shape index (κ2) is 5.99. The zero-order valence-corrected chi connectivity index (χ0v) is 17.9. The van der Waals surface area contributed by atoms with E-state index in [1.54, 1.807) is 0 Å². The van der Waals surface area contributed by atoms with Crippen LogP contribution in [0.5, 0.6) is 0 Å². The SMILES string of the molecule is C.C[C@]12O[C@H](C[C@]1(O)CO)n1c3ccccc3c3c4c(c5c6ccccc6n2c5c31)CNC4=O. The van der Waals surface area contributed by atoms with Gasteiger partial charge in [0.2, 0.25) is 0 Å². The molecule has 5 aromatic rings. The van der Waals surface area contributed by atoms with Gasteiger partial charge in [-0.25, -0.2) is 0 Å². The van der Waals surface area contributed by atoms with E-state index in [2.05, 4.69) is 20.5 Å². The lowest BCUT2D eigenvalue weighted by molar-refractivity contribution is -0.189. The van der Waals surface area contributed by atoms with Crippen LogP contribution in [-0.2, 0) is 17.0 Å². The lowest BCUT2D eigenvalue weighted by Crippen LogP contribution is -2.53. The summed E-state index contributed by atoms with van der Waals surface area (Å²) in [5.41, 5.74) is 2.80. The van der Waals surface area contributed by atoms with Crippen LogP contribution < -0.4 is 5.32 Å². The number of rotatable bonds is 1. The lowest BCUT2D eigenvalue weighted by atomic mass is 9.89. The van der Waals surface area contributed by atoms with Gasteiger partial charge in [0.15, 0.2) is 5.72 Å². The Morgan fingerprint density at radius 3 is 2.47 bits per heavy atom. The average Bonchev–Trinajstić information content (AvgIpc) is 3.51. The molecule has 0 spiro atoms. The maximum absolute atomic E-state index is 13.2. The molecule has 1 amide bonds. The fourth-order valence-corrected chi connectivity index (χ4v) is 6.73. The topological polar surface area (TPSA) is 88.7 Å². The van der Waals surface area contributed by atoms with Gasteiger partial charge in [-0.1, -0.05) is 43.8 Å². The van der Waals surface area contributed by atoms with E-state index >= 15 is 0 Å². The van der Waals surface area contributed by atoms with Crippen molar-refractivity contribution in [1.29, 1.82) is 0 Å². The molecule has 0 saturated carbocycles. The molecule has 1 saturated heterocycles. The van der Waals surface area contributed by atoms with Gasteiger partial charge in [-0.05, 0) is 24.6 Å². The van der Waals surface area contributed by atoms with Crippen molar-refractivity contribution in [2.75, 3.05) is 6.61 Å². The summed E-state index contributed by atoms with van der Waals surface area (Å²) in [5.74, 6) is -0.0555. The number of nitrogens with one attached hydrogen (secondary N) is 1. The third-order valence-electron chi connectivity index (χ3n) is 8.23. The van der Waals surface area contributed by atoms with Gasteiger partial charge < -0.3 is 29.4 Å². The van der Waals surface area contributed by atoms with Crippen LogP contribution in [0.25, 0.3) is 43.6 Å². The number of aliphatic hydroxyl groups is 2. The van der Waals surface area contributed by atoms with E-state index in [4.69, 9.17) is 4.74 Å². The number of carbonyl (C=O) groups is 1. The predicted molar refractivity (Wildman–Crippen MR) is 131 cm³/mol. The van der Waals surface area contributed by atoms with E-state index in [0.29, 0.717) is 6.54 Å². The van der Waals surface area contributed by atoms with Crippen LogP contribution in [0.1, 0.15) is 42.9 Å². The highest BCUT2D eigenvalue weighted by molar-refractivity contribution is 6.31. The van der Waals surface area contributed by atoms with Gasteiger partial charge in [-0.2, -0.15) is 0 Å². The zero-order valence-electron chi connectivity index (χ0n) is 17.9. The van der Waals surface area contributed by atoms with Crippen LogP contribution in [0.2, 0.25) is 0 Å². The Hall–Kier alpha value is -3.39. The molecular weight excluding hydrogens is 430 g/mol. The molecule has 2 aromatic heterocycles. The van der Waals surface area contributed by atoms with Crippen molar-refractivity contribution in [3.05, 3.63) is 59.7 Å². The van der Waals surface area contributed by atoms with E-state index in [1.807, 2.05) is 49.4 Å². The third-order valence-corrected chi connectivity index (χ3v) is 8.23. The maximum Gasteiger partial charge on any atom is 0.252 e. The van der Waals surface area contributed by atoms with Gasteiger partial charge in [0.25, 0.3) is 5.91 Å². The van der Waals surface area contributed by atoms with Crippen molar-refractivity contribution in [3.63, 3.8) is 0 Å². The van der Waals surface area contributed by atoms with Crippen LogP contribution >= 0.6 is 0 Å². The van der Waals surface area contributed by atoms with E-state index in [9.17, 15) is 15.0 Å². The van der Waals surface area contributed by atoms with Gasteiger partial charge in [0.05, 0.1) is 34.2 Å². The van der Waals surface area contributed by atoms with Crippen LogP contribution in [0, 0.1) is 0 Å². The minimum absolute atomic E-state index is 0. The van der Waals surface area contributed by atoms with Gasteiger partial charge in [-0.3, -0.25) is 4.79 Å². The highest BCUT2D eigenvalue weighted by atomic mass is 16.6. The van der Waals surface area contributed by atoms with E-state index in [-0.39, 0.29) is 19.8 Å². The summed E-state index contributed by atoms with van der Waals surface area (Å²) in [7, 11) is 0. The van der Waals surface area contributed by atoms with Crippen molar-refractivity contribution in [2.24, 2.45) is 0 Å². The number of aromatic nitrogens is 2. The number of fused-ring (bicyclic) bond motifs is 13. The van der Waals surface area contributed by atoms with E-state index in [1.165, 1.54) is 0 Å². The normalized spacial score (nSPS) is 27.0. The van der Waals surface area contributed by atoms with Crippen molar-refractivity contribution in [3.8, 4) is 0 Å². The third kappa shape index (κ3) is 1.88. The molecular formula is C27H25N3O4. The van der Waals surface area contributed by atoms with Crippen LogP contribution in [-0.4, -0.2) is 37.5 Å². The number of aliphatic hydroxyl groups excluding tert-OH is 1. The summed E-state index contributed by atoms with van der Waals surface area (Å²) >= 11 is 0. The molecule has 5 heterocycles. The molecule has 3 atom stereocenters. The van der Waals surface area contributed by atoms with E-state index in [0.717, 1.165) is 54.7 Å². The van der Waals surface area contributed by atoms with Crippen molar-refractivity contribution in [1.82, 2.24) is 14.5 Å². The minimum Gasteiger partial charge on any atom is -0.393 e. The van der Waals surface area contributed by atoms with Crippen LogP contribution in [0.4, 0.5) is 0 Å².